The standard InChI is InChI=1S/C12H19N3O4S2/c1-2-13-12-6-5-11(8-14-12)21(18,19)15-9-10-4-3-7-20(10,16)17/h5-6,8,10,15H,2-4,7,9H2,1H3,(H,13,14). The first-order valence-corrected chi connectivity index (χ1v) is 9.96. The van der Waals surface area contributed by atoms with Crippen molar-refractivity contribution < 1.29 is 16.8 Å². The Hall–Kier alpha value is -1.19. The summed E-state index contributed by atoms with van der Waals surface area (Å²) in [6.07, 6.45) is 2.35. The zero-order valence-electron chi connectivity index (χ0n) is 11.7. The van der Waals surface area contributed by atoms with Gasteiger partial charge in [0.15, 0.2) is 9.84 Å². The van der Waals surface area contributed by atoms with E-state index in [9.17, 15) is 16.8 Å². The van der Waals surface area contributed by atoms with Gasteiger partial charge < -0.3 is 5.32 Å². The maximum absolute atomic E-state index is 12.1. The van der Waals surface area contributed by atoms with E-state index in [1.54, 1.807) is 6.07 Å². The minimum atomic E-state index is -3.73. The van der Waals surface area contributed by atoms with E-state index < -0.39 is 25.1 Å². The molecular formula is C12H19N3O4S2. The molecule has 1 aliphatic rings. The third-order valence-corrected chi connectivity index (χ3v) is 7.05. The highest BCUT2D eigenvalue weighted by atomic mass is 32.2. The lowest BCUT2D eigenvalue weighted by Crippen LogP contribution is -2.34. The van der Waals surface area contributed by atoms with Gasteiger partial charge in [-0.1, -0.05) is 0 Å². The van der Waals surface area contributed by atoms with Gasteiger partial charge in [0.25, 0.3) is 0 Å². The summed E-state index contributed by atoms with van der Waals surface area (Å²) >= 11 is 0. The minimum absolute atomic E-state index is 0.0274. The minimum Gasteiger partial charge on any atom is -0.370 e. The van der Waals surface area contributed by atoms with Crippen LogP contribution in [0.4, 0.5) is 5.82 Å². The Labute approximate surface area is 125 Å². The summed E-state index contributed by atoms with van der Waals surface area (Å²) < 4.78 is 49.9. The second-order valence-corrected chi connectivity index (χ2v) is 9.06. The quantitative estimate of drug-likeness (QED) is 0.779. The van der Waals surface area contributed by atoms with Crippen LogP contribution in [0.25, 0.3) is 0 Å². The summed E-state index contributed by atoms with van der Waals surface area (Å²) in [4.78, 5) is 4.02. The second kappa shape index (κ2) is 6.29. The van der Waals surface area contributed by atoms with E-state index in [4.69, 9.17) is 0 Å². The monoisotopic (exact) mass is 333 g/mol. The van der Waals surface area contributed by atoms with Crippen LogP contribution in [0.15, 0.2) is 23.2 Å². The summed E-state index contributed by atoms with van der Waals surface area (Å²) in [5.41, 5.74) is 0. The molecule has 1 fully saturated rings. The number of anilines is 1. The lowest BCUT2D eigenvalue weighted by molar-refractivity contribution is 0.570. The molecule has 1 unspecified atom stereocenters. The van der Waals surface area contributed by atoms with E-state index in [-0.39, 0.29) is 17.2 Å². The van der Waals surface area contributed by atoms with Crippen LogP contribution < -0.4 is 10.0 Å². The van der Waals surface area contributed by atoms with E-state index in [2.05, 4.69) is 15.0 Å². The Morgan fingerprint density at radius 1 is 1.38 bits per heavy atom. The maximum Gasteiger partial charge on any atom is 0.242 e. The molecule has 1 saturated heterocycles. The zero-order valence-corrected chi connectivity index (χ0v) is 13.4. The summed E-state index contributed by atoms with van der Waals surface area (Å²) in [6, 6.07) is 3.01. The molecule has 0 bridgehead atoms. The fourth-order valence-corrected chi connectivity index (χ4v) is 5.10. The van der Waals surface area contributed by atoms with Crippen molar-refractivity contribution in [3.63, 3.8) is 0 Å². The highest BCUT2D eigenvalue weighted by Crippen LogP contribution is 2.20. The third-order valence-electron chi connectivity index (χ3n) is 3.37. The third kappa shape index (κ3) is 3.92. The van der Waals surface area contributed by atoms with Crippen molar-refractivity contribution in [2.75, 3.05) is 24.2 Å². The van der Waals surface area contributed by atoms with Crippen molar-refractivity contribution in [2.24, 2.45) is 0 Å². The van der Waals surface area contributed by atoms with Gasteiger partial charge in [-0.3, -0.25) is 0 Å². The number of hydrogen-bond acceptors (Lipinski definition) is 6. The Morgan fingerprint density at radius 3 is 2.67 bits per heavy atom. The number of pyridine rings is 1. The van der Waals surface area contributed by atoms with Crippen LogP contribution in [0, 0.1) is 0 Å². The van der Waals surface area contributed by atoms with Crippen molar-refractivity contribution in [1.82, 2.24) is 9.71 Å². The highest BCUT2D eigenvalue weighted by molar-refractivity contribution is 7.92. The Kier molecular flexibility index (Phi) is 4.84. The van der Waals surface area contributed by atoms with Gasteiger partial charge in [-0.05, 0) is 31.9 Å². The van der Waals surface area contributed by atoms with E-state index in [0.717, 1.165) is 0 Å². The van der Waals surface area contributed by atoms with E-state index in [1.807, 2.05) is 6.92 Å². The molecule has 1 atom stereocenters. The van der Waals surface area contributed by atoms with Crippen molar-refractivity contribution in [2.45, 2.75) is 29.9 Å². The van der Waals surface area contributed by atoms with Gasteiger partial charge in [-0.2, -0.15) is 0 Å². The van der Waals surface area contributed by atoms with Crippen molar-refractivity contribution in [3.05, 3.63) is 18.3 Å². The smallest absolute Gasteiger partial charge is 0.242 e. The number of nitrogens with zero attached hydrogens (tertiary/aromatic N) is 1. The number of hydrogen-bond donors (Lipinski definition) is 2. The van der Waals surface area contributed by atoms with Gasteiger partial charge in [0.2, 0.25) is 10.0 Å². The fourth-order valence-electron chi connectivity index (χ4n) is 2.20. The summed E-state index contributed by atoms with van der Waals surface area (Å²) in [5.74, 6) is 0.730. The van der Waals surface area contributed by atoms with Crippen molar-refractivity contribution >= 4 is 25.7 Å². The van der Waals surface area contributed by atoms with Gasteiger partial charge in [0.1, 0.15) is 10.7 Å². The lowest BCUT2D eigenvalue weighted by Gasteiger charge is -2.11. The molecule has 21 heavy (non-hydrogen) atoms. The van der Waals surface area contributed by atoms with Crippen LogP contribution in [0.1, 0.15) is 19.8 Å². The molecule has 9 heteroatoms. The second-order valence-electron chi connectivity index (χ2n) is 4.89. The SMILES string of the molecule is CCNc1ccc(S(=O)(=O)NCC2CCCS2(=O)=O)cn1. The first-order valence-electron chi connectivity index (χ1n) is 6.76. The van der Waals surface area contributed by atoms with Gasteiger partial charge >= 0.3 is 0 Å². The molecule has 0 saturated carbocycles. The molecule has 118 valence electrons. The summed E-state index contributed by atoms with van der Waals surface area (Å²) in [7, 11) is -6.89. The molecular weight excluding hydrogens is 314 g/mol. The Morgan fingerprint density at radius 2 is 2.14 bits per heavy atom. The normalized spacial score (nSPS) is 21.3. The van der Waals surface area contributed by atoms with Gasteiger partial charge in [0, 0.05) is 19.3 Å². The molecule has 2 heterocycles. The molecule has 0 radical (unpaired) electrons. The van der Waals surface area contributed by atoms with Gasteiger partial charge in [-0.25, -0.2) is 26.5 Å². The van der Waals surface area contributed by atoms with E-state index in [0.29, 0.717) is 25.2 Å². The number of sulfonamides is 1. The number of aromatic nitrogens is 1. The zero-order chi connectivity index (χ0) is 15.5. The fraction of sp³-hybridized carbons (Fsp3) is 0.583. The van der Waals surface area contributed by atoms with E-state index >= 15 is 0 Å². The number of rotatable bonds is 6. The Balaban J connectivity index is 2.04. The predicted molar refractivity (Wildman–Crippen MR) is 80.4 cm³/mol. The molecule has 0 aromatic carbocycles. The van der Waals surface area contributed by atoms with Crippen LogP contribution >= 0.6 is 0 Å². The highest BCUT2D eigenvalue weighted by Gasteiger charge is 2.32. The van der Waals surface area contributed by atoms with Gasteiger partial charge in [-0.15, -0.1) is 0 Å². The molecule has 0 amide bonds. The topological polar surface area (TPSA) is 105 Å². The summed E-state index contributed by atoms with van der Waals surface area (Å²) in [5, 5.41) is 2.34. The van der Waals surface area contributed by atoms with E-state index in [1.165, 1.54) is 12.3 Å². The average Bonchev–Trinajstić information content (AvgIpc) is 2.76. The molecule has 0 spiro atoms. The van der Waals surface area contributed by atoms with Crippen LogP contribution in [0.5, 0.6) is 0 Å². The molecule has 1 aliphatic heterocycles. The van der Waals surface area contributed by atoms with Crippen LogP contribution in [0.2, 0.25) is 0 Å². The predicted octanol–water partition coefficient (Wildman–Crippen LogP) is 0.369. The first-order chi connectivity index (χ1) is 9.85. The van der Waals surface area contributed by atoms with Crippen molar-refractivity contribution in [3.8, 4) is 0 Å². The van der Waals surface area contributed by atoms with Crippen molar-refractivity contribution in [1.29, 1.82) is 0 Å². The first kappa shape index (κ1) is 16.2. The van der Waals surface area contributed by atoms with Crippen LogP contribution in [0.3, 0.4) is 0 Å². The molecule has 2 N–H and O–H groups in total. The summed E-state index contributed by atoms with van der Waals surface area (Å²) in [6.45, 7) is 2.52. The Bertz CT molecular complexity index is 684. The molecule has 2 rings (SSSR count). The molecule has 1 aromatic heterocycles. The van der Waals surface area contributed by atoms with Crippen LogP contribution in [-0.2, 0) is 19.9 Å². The van der Waals surface area contributed by atoms with Crippen LogP contribution in [-0.4, -0.2) is 45.9 Å². The largest absolute Gasteiger partial charge is 0.370 e. The number of sulfone groups is 1. The lowest BCUT2D eigenvalue weighted by atomic mass is 10.2. The molecule has 7 nitrogen and oxygen atoms in total. The van der Waals surface area contributed by atoms with Gasteiger partial charge in [0.05, 0.1) is 11.0 Å². The molecule has 1 aromatic rings. The maximum atomic E-state index is 12.1. The average molecular weight is 333 g/mol. The number of nitrogens with one attached hydrogen (secondary N) is 2. The molecule has 0 aliphatic carbocycles.